The van der Waals surface area contributed by atoms with E-state index in [1.54, 1.807) is 12.4 Å². The zero-order valence-corrected chi connectivity index (χ0v) is 14.4. The fourth-order valence-electron chi connectivity index (χ4n) is 2.47. The molecule has 2 aromatic heterocycles. The van der Waals surface area contributed by atoms with E-state index >= 15 is 0 Å². The number of thiazole rings is 1. The molecule has 0 saturated carbocycles. The van der Waals surface area contributed by atoms with Crippen molar-refractivity contribution >= 4 is 23.1 Å². The van der Waals surface area contributed by atoms with Crippen molar-refractivity contribution < 1.29 is 4.79 Å². The van der Waals surface area contributed by atoms with Gasteiger partial charge in [-0.25, -0.2) is 14.8 Å². The quantitative estimate of drug-likeness (QED) is 0.745. The second-order valence-corrected chi connectivity index (χ2v) is 6.39. The summed E-state index contributed by atoms with van der Waals surface area (Å²) in [6.45, 7) is 4.54. The summed E-state index contributed by atoms with van der Waals surface area (Å²) in [6.07, 6.45) is 5.49. The molecule has 2 N–H and O–H groups in total. The monoisotopic (exact) mass is 341 g/mol. The number of aromatic nitrogens is 3. The SMILES string of the molecule is Cc1nccn1[C@H](C)c1ccc(NC(=O)NCc2nccs2)cc1. The first-order valence-electron chi connectivity index (χ1n) is 7.66. The topological polar surface area (TPSA) is 71.8 Å². The van der Waals surface area contributed by atoms with Crippen LogP contribution in [0.1, 0.15) is 29.4 Å². The Morgan fingerprint density at radius 3 is 2.67 bits per heavy atom. The molecule has 3 rings (SSSR count). The Bertz CT molecular complexity index is 795. The average Bonchev–Trinajstić information content (AvgIpc) is 3.24. The van der Waals surface area contributed by atoms with E-state index in [0.717, 1.165) is 22.1 Å². The van der Waals surface area contributed by atoms with Gasteiger partial charge < -0.3 is 15.2 Å². The third-order valence-corrected chi connectivity index (χ3v) is 4.59. The van der Waals surface area contributed by atoms with Gasteiger partial charge in [-0.2, -0.15) is 0 Å². The lowest BCUT2D eigenvalue weighted by Gasteiger charge is -2.16. The van der Waals surface area contributed by atoms with E-state index < -0.39 is 0 Å². The molecule has 0 aliphatic rings. The van der Waals surface area contributed by atoms with E-state index in [1.165, 1.54) is 11.3 Å². The van der Waals surface area contributed by atoms with Crippen molar-refractivity contribution in [2.24, 2.45) is 0 Å². The van der Waals surface area contributed by atoms with Crippen LogP contribution in [0.25, 0.3) is 0 Å². The van der Waals surface area contributed by atoms with E-state index in [0.29, 0.717) is 6.54 Å². The van der Waals surface area contributed by atoms with E-state index in [9.17, 15) is 4.79 Å². The molecule has 0 fully saturated rings. The lowest BCUT2D eigenvalue weighted by atomic mass is 10.1. The van der Waals surface area contributed by atoms with Gasteiger partial charge in [0.05, 0.1) is 12.6 Å². The van der Waals surface area contributed by atoms with E-state index in [-0.39, 0.29) is 12.1 Å². The number of urea groups is 1. The molecule has 0 saturated heterocycles. The van der Waals surface area contributed by atoms with Gasteiger partial charge in [0, 0.05) is 29.7 Å². The predicted molar refractivity (Wildman–Crippen MR) is 95.2 cm³/mol. The van der Waals surface area contributed by atoms with E-state index in [1.807, 2.05) is 42.8 Å². The van der Waals surface area contributed by atoms with Crippen molar-refractivity contribution in [1.82, 2.24) is 19.9 Å². The highest BCUT2D eigenvalue weighted by Crippen LogP contribution is 2.21. The minimum atomic E-state index is -0.239. The van der Waals surface area contributed by atoms with Crippen molar-refractivity contribution in [1.29, 1.82) is 0 Å². The van der Waals surface area contributed by atoms with Gasteiger partial charge in [0.2, 0.25) is 0 Å². The third-order valence-electron chi connectivity index (χ3n) is 3.81. The van der Waals surface area contributed by atoms with E-state index in [4.69, 9.17) is 0 Å². The van der Waals surface area contributed by atoms with Gasteiger partial charge in [-0.3, -0.25) is 0 Å². The molecule has 0 aliphatic heterocycles. The first-order chi connectivity index (χ1) is 11.6. The lowest BCUT2D eigenvalue weighted by molar-refractivity contribution is 0.251. The zero-order valence-electron chi connectivity index (χ0n) is 13.6. The number of imidazole rings is 1. The molecule has 0 bridgehead atoms. The van der Waals surface area contributed by atoms with Crippen molar-refractivity contribution in [2.45, 2.75) is 26.4 Å². The number of benzene rings is 1. The van der Waals surface area contributed by atoms with Gasteiger partial charge in [0.25, 0.3) is 0 Å². The summed E-state index contributed by atoms with van der Waals surface area (Å²) >= 11 is 1.52. The maximum Gasteiger partial charge on any atom is 0.319 e. The zero-order chi connectivity index (χ0) is 16.9. The first-order valence-corrected chi connectivity index (χ1v) is 8.54. The van der Waals surface area contributed by atoms with Crippen LogP contribution in [0.15, 0.2) is 48.2 Å². The van der Waals surface area contributed by atoms with Gasteiger partial charge in [0.1, 0.15) is 10.8 Å². The van der Waals surface area contributed by atoms with Gasteiger partial charge in [0.15, 0.2) is 0 Å². The molecule has 0 spiro atoms. The highest BCUT2D eigenvalue weighted by atomic mass is 32.1. The Hall–Kier alpha value is -2.67. The predicted octanol–water partition coefficient (Wildman–Crippen LogP) is 3.58. The molecule has 1 atom stereocenters. The number of anilines is 1. The highest BCUT2D eigenvalue weighted by molar-refractivity contribution is 7.09. The summed E-state index contributed by atoms with van der Waals surface area (Å²) in [5.74, 6) is 0.978. The molecule has 124 valence electrons. The molecule has 2 amide bonds. The van der Waals surface area contributed by atoms with Crippen molar-refractivity contribution in [3.05, 3.63) is 64.6 Å². The Morgan fingerprint density at radius 2 is 2.04 bits per heavy atom. The van der Waals surface area contributed by atoms with Crippen molar-refractivity contribution in [3.63, 3.8) is 0 Å². The maximum atomic E-state index is 11.9. The van der Waals surface area contributed by atoms with Gasteiger partial charge in [-0.1, -0.05) is 12.1 Å². The van der Waals surface area contributed by atoms with Gasteiger partial charge in [-0.05, 0) is 31.5 Å². The van der Waals surface area contributed by atoms with Crippen molar-refractivity contribution in [3.8, 4) is 0 Å². The Morgan fingerprint density at radius 1 is 1.25 bits per heavy atom. The standard InChI is InChI=1S/C17H19N5OS/c1-12(22-9-7-18-13(22)2)14-3-5-15(6-4-14)21-17(23)20-11-16-19-8-10-24-16/h3-10,12H,11H2,1-2H3,(H2,20,21,23)/t12-/m1/s1. The number of nitrogens with one attached hydrogen (secondary N) is 2. The fourth-order valence-corrected chi connectivity index (χ4v) is 3.03. The molecule has 6 nitrogen and oxygen atoms in total. The Kier molecular flexibility index (Phi) is 4.90. The summed E-state index contributed by atoms with van der Waals surface area (Å²) in [5.41, 5.74) is 1.91. The van der Waals surface area contributed by atoms with Gasteiger partial charge in [-0.15, -0.1) is 11.3 Å². The molecule has 0 radical (unpaired) electrons. The van der Waals surface area contributed by atoms with Crippen LogP contribution in [0.3, 0.4) is 0 Å². The number of aryl methyl sites for hydroxylation is 1. The lowest BCUT2D eigenvalue weighted by Crippen LogP contribution is -2.28. The first kappa shape index (κ1) is 16.2. The van der Waals surface area contributed by atoms with E-state index in [2.05, 4.69) is 32.1 Å². The van der Waals surface area contributed by atoms with Crippen LogP contribution in [-0.4, -0.2) is 20.6 Å². The number of hydrogen-bond donors (Lipinski definition) is 2. The molecule has 3 aromatic rings. The Labute approximate surface area is 144 Å². The summed E-state index contributed by atoms with van der Waals surface area (Å²) in [7, 11) is 0. The second kappa shape index (κ2) is 7.27. The number of nitrogens with zero attached hydrogens (tertiary/aromatic N) is 3. The third kappa shape index (κ3) is 3.80. The molecule has 1 aromatic carbocycles. The highest BCUT2D eigenvalue weighted by Gasteiger charge is 2.10. The minimum absolute atomic E-state index is 0.195. The van der Waals surface area contributed by atoms with Crippen molar-refractivity contribution in [2.75, 3.05) is 5.32 Å². The molecule has 0 unspecified atom stereocenters. The smallest absolute Gasteiger partial charge is 0.319 e. The number of carbonyl (C=O) groups excluding carboxylic acids is 1. The normalized spacial score (nSPS) is 11.9. The molecule has 0 aliphatic carbocycles. The van der Waals surface area contributed by atoms with Crippen LogP contribution in [0.4, 0.5) is 10.5 Å². The maximum absolute atomic E-state index is 11.9. The summed E-state index contributed by atoms with van der Waals surface area (Å²) in [6, 6.07) is 7.79. The molecular weight excluding hydrogens is 322 g/mol. The molecule has 24 heavy (non-hydrogen) atoms. The number of rotatable bonds is 5. The summed E-state index contributed by atoms with van der Waals surface area (Å²) in [4.78, 5) is 20.3. The number of amides is 2. The summed E-state index contributed by atoms with van der Waals surface area (Å²) < 4.78 is 2.11. The molecule has 7 heteroatoms. The average molecular weight is 341 g/mol. The van der Waals surface area contributed by atoms with Gasteiger partial charge >= 0.3 is 6.03 Å². The van der Waals surface area contributed by atoms with Crippen LogP contribution < -0.4 is 10.6 Å². The van der Waals surface area contributed by atoms with Crippen LogP contribution >= 0.6 is 11.3 Å². The number of carbonyl (C=O) groups is 1. The molecule has 2 heterocycles. The minimum Gasteiger partial charge on any atom is -0.331 e. The largest absolute Gasteiger partial charge is 0.331 e. The van der Waals surface area contributed by atoms with Crippen LogP contribution in [0.2, 0.25) is 0 Å². The van der Waals surface area contributed by atoms with Crippen LogP contribution in [0.5, 0.6) is 0 Å². The van der Waals surface area contributed by atoms with Crippen LogP contribution in [0, 0.1) is 6.92 Å². The molecular formula is C17H19N5OS. The van der Waals surface area contributed by atoms with Crippen LogP contribution in [-0.2, 0) is 6.54 Å². The second-order valence-electron chi connectivity index (χ2n) is 5.41. The Balaban J connectivity index is 1.58. The summed E-state index contributed by atoms with van der Waals surface area (Å²) in [5, 5.41) is 8.38. The number of hydrogen-bond acceptors (Lipinski definition) is 4. The fraction of sp³-hybridized carbons (Fsp3) is 0.235.